The summed E-state index contributed by atoms with van der Waals surface area (Å²) in [7, 11) is 0. The number of rotatable bonds is 5. The lowest BCUT2D eigenvalue weighted by molar-refractivity contribution is 0.0516. The lowest BCUT2D eigenvalue weighted by atomic mass is 10.2. The summed E-state index contributed by atoms with van der Waals surface area (Å²) < 4.78 is 10.1. The molecule has 5 nitrogen and oxygen atoms in total. The highest BCUT2D eigenvalue weighted by molar-refractivity contribution is 5.88. The Morgan fingerprint density at radius 1 is 1.38 bits per heavy atom. The van der Waals surface area contributed by atoms with Crippen LogP contribution in [0.4, 0.5) is 0 Å². The van der Waals surface area contributed by atoms with Crippen molar-refractivity contribution in [1.82, 2.24) is 9.97 Å². The van der Waals surface area contributed by atoms with Gasteiger partial charge in [0.2, 0.25) is 0 Å². The van der Waals surface area contributed by atoms with Crippen LogP contribution in [0, 0.1) is 6.92 Å². The first-order chi connectivity index (χ1) is 7.69. The fourth-order valence-corrected chi connectivity index (χ4v) is 1.15. The van der Waals surface area contributed by atoms with Crippen molar-refractivity contribution in [2.24, 2.45) is 0 Å². The van der Waals surface area contributed by atoms with E-state index in [2.05, 4.69) is 9.97 Å². The van der Waals surface area contributed by atoms with Crippen LogP contribution in [-0.4, -0.2) is 29.2 Å². The van der Waals surface area contributed by atoms with Gasteiger partial charge in [-0.05, 0) is 20.8 Å². The summed E-state index contributed by atoms with van der Waals surface area (Å²) in [6.07, 6.45) is 1.60. The molecular weight excluding hydrogens is 208 g/mol. The predicted molar refractivity (Wildman–Crippen MR) is 58.1 cm³/mol. The molecule has 1 aromatic heterocycles. The van der Waals surface area contributed by atoms with Gasteiger partial charge in [-0.2, -0.15) is 0 Å². The number of carbonyl (C=O) groups is 1. The first-order valence-corrected chi connectivity index (χ1v) is 5.26. The predicted octanol–water partition coefficient (Wildman–Crippen LogP) is 1.50. The van der Waals surface area contributed by atoms with Crippen molar-refractivity contribution in [1.29, 1.82) is 0 Å². The minimum atomic E-state index is -0.417. The molecule has 0 N–H and O–H groups in total. The summed E-state index contributed by atoms with van der Waals surface area (Å²) in [5, 5.41) is 0. The van der Waals surface area contributed by atoms with E-state index in [1.165, 1.54) is 0 Å². The molecule has 0 unspecified atom stereocenters. The van der Waals surface area contributed by atoms with Crippen LogP contribution in [0.5, 0.6) is 0 Å². The molecule has 88 valence electrons. The highest BCUT2D eigenvalue weighted by Gasteiger charge is 2.13. The molecule has 0 spiro atoms. The van der Waals surface area contributed by atoms with Gasteiger partial charge in [0.15, 0.2) is 11.5 Å². The van der Waals surface area contributed by atoms with Crippen LogP contribution >= 0.6 is 0 Å². The maximum absolute atomic E-state index is 11.5. The molecule has 0 aliphatic heterocycles. The van der Waals surface area contributed by atoms with Crippen LogP contribution in [0.25, 0.3) is 0 Å². The Labute approximate surface area is 94.8 Å². The second-order valence-electron chi connectivity index (χ2n) is 3.18. The molecule has 0 radical (unpaired) electrons. The largest absolute Gasteiger partial charge is 0.461 e. The minimum absolute atomic E-state index is 0.309. The van der Waals surface area contributed by atoms with Crippen molar-refractivity contribution >= 4 is 5.97 Å². The van der Waals surface area contributed by atoms with Crippen molar-refractivity contribution in [3.63, 3.8) is 0 Å². The monoisotopic (exact) mass is 224 g/mol. The van der Waals surface area contributed by atoms with Gasteiger partial charge in [-0.25, -0.2) is 14.8 Å². The standard InChI is InChI=1S/C11H16N2O3/c1-4-15-7-9-12-6-8(3)10(13-9)11(14)16-5-2/h6H,4-5,7H2,1-3H3. The second-order valence-corrected chi connectivity index (χ2v) is 3.18. The van der Waals surface area contributed by atoms with E-state index in [4.69, 9.17) is 9.47 Å². The van der Waals surface area contributed by atoms with Gasteiger partial charge >= 0.3 is 5.97 Å². The van der Waals surface area contributed by atoms with Gasteiger partial charge in [0, 0.05) is 18.4 Å². The summed E-state index contributed by atoms with van der Waals surface area (Å²) in [6.45, 7) is 6.66. The summed E-state index contributed by atoms with van der Waals surface area (Å²) in [5.74, 6) is 0.0793. The zero-order valence-corrected chi connectivity index (χ0v) is 9.82. The Kier molecular flexibility index (Phi) is 4.85. The maximum atomic E-state index is 11.5. The van der Waals surface area contributed by atoms with Gasteiger partial charge in [-0.1, -0.05) is 0 Å². The van der Waals surface area contributed by atoms with Crippen LogP contribution in [0.1, 0.15) is 35.7 Å². The Bertz CT molecular complexity index is 366. The number of ether oxygens (including phenoxy) is 2. The third-order valence-corrected chi connectivity index (χ3v) is 1.93. The smallest absolute Gasteiger partial charge is 0.357 e. The molecule has 0 bridgehead atoms. The molecule has 0 aliphatic carbocycles. The Hall–Kier alpha value is -1.49. The van der Waals surface area contributed by atoms with E-state index in [0.29, 0.717) is 36.9 Å². The van der Waals surface area contributed by atoms with Gasteiger partial charge in [0.05, 0.1) is 6.61 Å². The van der Waals surface area contributed by atoms with Crippen LogP contribution in [0.15, 0.2) is 6.20 Å². The topological polar surface area (TPSA) is 61.3 Å². The summed E-state index contributed by atoms with van der Waals surface area (Å²) in [6, 6.07) is 0. The molecule has 5 heteroatoms. The third kappa shape index (κ3) is 3.27. The van der Waals surface area contributed by atoms with E-state index in [1.54, 1.807) is 20.0 Å². The Balaban J connectivity index is 2.85. The van der Waals surface area contributed by atoms with Crippen molar-refractivity contribution < 1.29 is 14.3 Å². The maximum Gasteiger partial charge on any atom is 0.357 e. The number of nitrogens with zero attached hydrogens (tertiary/aromatic N) is 2. The van der Waals surface area contributed by atoms with Crippen molar-refractivity contribution in [3.05, 3.63) is 23.3 Å². The van der Waals surface area contributed by atoms with Gasteiger partial charge in [-0.3, -0.25) is 0 Å². The zero-order chi connectivity index (χ0) is 12.0. The van der Waals surface area contributed by atoms with Crippen LogP contribution in [0.3, 0.4) is 0 Å². The van der Waals surface area contributed by atoms with Gasteiger partial charge in [-0.15, -0.1) is 0 Å². The van der Waals surface area contributed by atoms with E-state index in [-0.39, 0.29) is 0 Å². The number of esters is 1. The highest BCUT2D eigenvalue weighted by atomic mass is 16.5. The Morgan fingerprint density at radius 3 is 2.75 bits per heavy atom. The molecule has 0 aliphatic rings. The Morgan fingerprint density at radius 2 is 2.12 bits per heavy atom. The fraction of sp³-hybridized carbons (Fsp3) is 0.545. The number of hydrogen-bond acceptors (Lipinski definition) is 5. The van der Waals surface area contributed by atoms with Crippen molar-refractivity contribution in [2.75, 3.05) is 13.2 Å². The summed E-state index contributed by atoms with van der Waals surface area (Å²) >= 11 is 0. The lowest BCUT2D eigenvalue weighted by Crippen LogP contribution is -2.12. The third-order valence-electron chi connectivity index (χ3n) is 1.93. The van der Waals surface area contributed by atoms with Crippen LogP contribution in [-0.2, 0) is 16.1 Å². The van der Waals surface area contributed by atoms with E-state index in [0.717, 1.165) is 0 Å². The average Bonchev–Trinajstić information content (AvgIpc) is 2.28. The molecule has 0 aromatic carbocycles. The van der Waals surface area contributed by atoms with Crippen LogP contribution < -0.4 is 0 Å². The van der Waals surface area contributed by atoms with E-state index >= 15 is 0 Å². The number of hydrogen-bond donors (Lipinski definition) is 0. The average molecular weight is 224 g/mol. The van der Waals surface area contributed by atoms with Gasteiger partial charge in [0.25, 0.3) is 0 Å². The number of aryl methyl sites for hydroxylation is 1. The van der Waals surface area contributed by atoms with Crippen LogP contribution in [0.2, 0.25) is 0 Å². The first-order valence-electron chi connectivity index (χ1n) is 5.26. The molecule has 0 atom stereocenters. The highest BCUT2D eigenvalue weighted by Crippen LogP contribution is 2.06. The molecule has 0 saturated heterocycles. The zero-order valence-electron chi connectivity index (χ0n) is 9.82. The molecule has 1 rings (SSSR count). The molecule has 1 aromatic rings. The minimum Gasteiger partial charge on any atom is -0.461 e. The van der Waals surface area contributed by atoms with Crippen molar-refractivity contribution in [2.45, 2.75) is 27.4 Å². The summed E-state index contributed by atoms with van der Waals surface area (Å²) in [4.78, 5) is 19.7. The van der Waals surface area contributed by atoms with Gasteiger partial charge < -0.3 is 9.47 Å². The summed E-state index contributed by atoms with van der Waals surface area (Å²) in [5.41, 5.74) is 1.02. The second kappa shape index (κ2) is 6.17. The van der Waals surface area contributed by atoms with E-state index in [9.17, 15) is 4.79 Å². The van der Waals surface area contributed by atoms with E-state index < -0.39 is 5.97 Å². The number of carbonyl (C=O) groups excluding carboxylic acids is 1. The van der Waals surface area contributed by atoms with E-state index in [1.807, 2.05) is 6.92 Å². The quantitative estimate of drug-likeness (QED) is 0.709. The SMILES string of the molecule is CCOCc1ncc(C)c(C(=O)OCC)n1. The molecule has 0 amide bonds. The fourth-order valence-electron chi connectivity index (χ4n) is 1.15. The van der Waals surface area contributed by atoms with Crippen molar-refractivity contribution in [3.8, 4) is 0 Å². The van der Waals surface area contributed by atoms with Gasteiger partial charge in [0.1, 0.15) is 6.61 Å². The molecule has 1 heterocycles. The lowest BCUT2D eigenvalue weighted by Gasteiger charge is -2.06. The normalized spacial score (nSPS) is 10.2. The molecule has 0 saturated carbocycles. The first kappa shape index (κ1) is 12.6. The molecular formula is C11H16N2O3. The molecule has 0 fully saturated rings. The molecule has 16 heavy (non-hydrogen) atoms. The number of aromatic nitrogens is 2.